The Labute approximate surface area is 162 Å². The zero-order valence-electron chi connectivity index (χ0n) is 15.4. The maximum atomic E-state index is 12.4. The Kier molecular flexibility index (Phi) is 4.98. The van der Waals surface area contributed by atoms with Crippen LogP contribution in [-0.2, 0) is 21.4 Å². The summed E-state index contributed by atoms with van der Waals surface area (Å²) >= 11 is 0. The first kappa shape index (κ1) is 18.8. The molecule has 0 spiro atoms. The molecule has 1 saturated heterocycles. The lowest BCUT2D eigenvalue weighted by Crippen LogP contribution is -2.42. The molecule has 1 aromatic heterocycles. The molecule has 1 amide bonds. The topological polar surface area (TPSA) is 111 Å². The summed E-state index contributed by atoms with van der Waals surface area (Å²) < 4.78 is 40.5. The van der Waals surface area contributed by atoms with E-state index in [0.29, 0.717) is 48.9 Å². The van der Waals surface area contributed by atoms with Crippen molar-refractivity contribution >= 4 is 15.9 Å². The summed E-state index contributed by atoms with van der Waals surface area (Å²) in [5.41, 5.74) is 1.41. The number of hydrogen-bond donors (Lipinski definition) is 1. The van der Waals surface area contributed by atoms with Gasteiger partial charge in [-0.25, -0.2) is 12.7 Å². The van der Waals surface area contributed by atoms with Gasteiger partial charge in [-0.2, -0.15) is 0 Å². The number of aromatic nitrogens is 1. The van der Waals surface area contributed by atoms with Crippen molar-refractivity contribution in [3.63, 3.8) is 0 Å². The number of benzene rings is 1. The van der Waals surface area contributed by atoms with Crippen LogP contribution >= 0.6 is 0 Å². The number of piperidine rings is 1. The molecule has 0 bridgehead atoms. The van der Waals surface area contributed by atoms with Gasteiger partial charge in [-0.1, -0.05) is 5.16 Å². The predicted molar refractivity (Wildman–Crippen MR) is 99.0 cm³/mol. The lowest BCUT2D eigenvalue weighted by atomic mass is 9.97. The van der Waals surface area contributed by atoms with Crippen LogP contribution in [0.4, 0.5) is 0 Å². The smallest absolute Gasteiger partial charge is 0.231 e. The Morgan fingerprint density at radius 2 is 1.96 bits per heavy atom. The number of ether oxygens (including phenoxy) is 2. The van der Waals surface area contributed by atoms with E-state index in [1.807, 2.05) is 18.2 Å². The van der Waals surface area contributed by atoms with Gasteiger partial charge in [0.05, 0.1) is 12.8 Å². The molecule has 150 valence electrons. The molecular formula is C18H21N3O6S. The van der Waals surface area contributed by atoms with E-state index in [1.54, 1.807) is 6.07 Å². The Morgan fingerprint density at radius 1 is 1.21 bits per heavy atom. The van der Waals surface area contributed by atoms with Gasteiger partial charge in [0, 0.05) is 30.6 Å². The van der Waals surface area contributed by atoms with Gasteiger partial charge in [-0.05, 0) is 31.0 Å². The minimum Gasteiger partial charge on any atom is -0.454 e. The molecule has 4 rings (SSSR count). The van der Waals surface area contributed by atoms with Gasteiger partial charge in [0.15, 0.2) is 17.3 Å². The fourth-order valence-electron chi connectivity index (χ4n) is 3.35. The highest BCUT2D eigenvalue weighted by Crippen LogP contribution is 2.36. The van der Waals surface area contributed by atoms with E-state index in [-0.39, 0.29) is 25.2 Å². The second-order valence-electron chi connectivity index (χ2n) is 6.90. The number of carbonyl (C=O) groups excluding carboxylic acids is 1. The first-order valence-corrected chi connectivity index (χ1v) is 10.8. The molecule has 9 nitrogen and oxygen atoms in total. The summed E-state index contributed by atoms with van der Waals surface area (Å²) in [4.78, 5) is 12.4. The number of amides is 1. The van der Waals surface area contributed by atoms with Crippen LogP contribution < -0.4 is 14.8 Å². The number of carbonyl (C=O) groups is 1. The fraction of sp³-hybridized carbons (Fsp3) is 0.444. The van der Waals surface area contributed by atoms with Crippen molar-refractivity contribution in [3.8, 4) is 22.8 Å². The highest BCUT2D eigenvalue weighted by molar-refractivity contribution is 7.88. The number of nitrogens with one attached hydrogen (secondary N) is 1. The molecule has 0 atom stereocenters. The van der Waals surface area contributed by atoms with Crippen LogP contribution in [0.15, 0.2) is 28.8 Å². The summed E-state index contributed by atoms with van der Waals surface area (Å²) in [6.07, 6.45) is 2.22. The van der Waals surface area contributed by atoms with Crippen LogP contribution in [0.25, 0.3) is 11.3 Å². The standard InChI is InChI=1S/C18H21N3O6S/c1-28(23,24)21-6-4-12(5-7-21)18(22)19-10-14-9-16(27-20-14)13-2-3-15-17(8-13)26-11-25-15/h2-3,8-9,12H,4-7,10-11H2,1H3,(H,19,22). The van der Waals surface area contributed by atoms with Crippen molar-refractivity contribution in [1.82, 2.24) is 14.8 Å². The average Bonchev–Trinajstić information content (AvgIpc) is 3.34. The quantitative estimate of drug-likeness (QED) is 0.797. The zero-order valence-corrected chi connectivity index (χ0v) is 16.2. The summed E-state index contributed by atoms with van der Waals surface area (Å²) in [6, 6.07) is 7.25. The molecular weight excluding hydrogens is 386 g/mol. The molecule has 2 aliphatic rings. The molecule has 3 heterocycles. The van der Waals surface area contributed by atoms with E-state index in [9.17, 15) is 13.2 Å². The van der Waals surface area contributed by atoms with Crippen molar-refractivity contribution in [3.05, 3.63) is 30.0 Å². The second kappa shape index (κ2) is 7.44. The third-order valence-corrected chi connectivity index (χ3v) is 6.26. The van der Waals surface area contributed by atoms with Crippen LogP contribution in [0.5, 0.6) is 11.5 Å². The first-order chi connectivity index (χ1) is 13.4. The third kappa shape index (κ3) is 3.97. The number of fused-ring (bicyclic) bond motifs is 1. The molecule has 0 saturated carbocycles. The SMILES string of the molecule is CS(=O)(=O)N1CCC(C(=O)NCc2cc(-c3ccc4c(c3)OCO4)on2)CC1. The first-order valence-electron chi connectivity index (χ1n) is 8.98. The molecule has 2 aromatic rings. The normalized spacial score (nSPS) is 17.6. The van der Waals surface area contributed by atoms with Gasteiger partial charge in [-0.3, -0.25) is 4.79 Å². The molecule has 0 aliphatic carbocycles. The molecule has 1 N–H and O–H groups in total. The van der Waals surface area contributed by atoms with Crippen LogP contribution in [0.2, 0.25) is 0 Å². The molecule has 1 aromatic carbocycles. The van der Waals surface area contributed by atoms with Gasteiger partial charge in [0.1, 0.15) is 5.69 Å². The second-order valence-corrected chi connectivity index (χ2v) is 8.89. The van der Waals surface area contributed by atoms with Gasteiger partial charge in [-0.15, -0.1) is 0 Å². The third-order valence-electron chi connectivity index (χ3n) is 4.95. The van der Waals surface area contributed by atoms with Crippen LogP contribution in [0, 0.1) is 5.92 Å². The molecule has 28 heavy (non-hydrogen) atoms. The van der Waals surface area contributed by atoms with E-state index >= 15 is 0 Å². The molecule has 0 unspecified atom stereocenters. The lowest BCUT2D eigenvalue weighted by Gasteiger charge is -2.29. The average molecular weight is 407 g/mol. The Balaban J connectivity index is 1.32. The van der Waals surface area contributed by atoms with Crippen molar-refractivity contribution in [1.29, 1.82) is 0 Å². The maximum Gasteiger partial charge on any atom is 0.231 e. The van der Waals surface area contributed by atoms with Gasteiger partial charge in [0.25, 0.3) is 0 Å². The van der Waals surface area contributed by atoms with Crippen molar-refractivity contribution < 1.29 is 27.2 Å². The van der Waals surface area contributed by atoms with Crippen LogP contribution in [0.1, 0.15) is 18.5 Å². The summed E-state index contributed by atoms with van der Waals surface area (Å²) in [5, 5.41) is 6.85. The van der Waals surface area contributed by atoms with E-state index in [4.69, 9.17) is 14.0 Å². The monoisotopic (exact) mass is 407 g/mol. The van der Waals surface area contributed by atoms with Gasteiger partial charge >= 0.3 is 0 Å². The number of hydrogen-bond acceptors (Lipinski definition) is 7. The number of rotatable bonds is 5. The summed E-state index contributed by atoms with van der Waals surface area (Å²) in [7, 11) is -3.20. The summed E-state index contributed by atoms with van der Waals surface area (Å²) in [6.45, 7) is 1.19. The maximum absolute atomic E-state index is 12.4. The van der Waals surface area contributed by atoms with Crippen molar-refractivity contribution in [2.24, 2.45) is 5.92 Å². The minimum atomic E-state index is -3.20. The Morgan fingerprint density at radius 3 is 2.71 bits per heavy atom. The molecule has 1 fully saturated rings. The van der Waals surface area contributed by atoms with Crippen LogP contribution in [-0.4, -0.2) is 49.9 Å². The summed E-state index contributed by atoms with van der Waals surface area (Å²) in [5.74, 6) is 1.63. The Bertz CT molecular complexity index is 979. The predicted octanol–water partition coefficient (Wildman–Crippen LogP) is 1.36. The molecule has 10 heteroatoms. The van der Waals surface area contributed by atoms with E-state index < -0.39 is 10.0 Å². The fourth-order valence-corrected chi connectivity index (χ4v) is 4.23. The Hall–Kier alpha value is -2.59. The molecule has 2 aliphatic heterocycles. The van der Waals surface area contributed by atoms with Gasteiger partial charge < -0.3 is 19.3 Å². The minimum absolute atomic E-state index is 0.0965. The van der Waals surface area contributed by atoms with E-state index in [2.05, 4.69) is 10.5 Å². The van der Waals surface area contributed by atoms with E-state index in [0.717, 1.165) is 5.56 Å². The highest BCUT2D eigenvalue weighted by atomic mass is 32.2. The number of sulfonamides is 1. The number of nitrogens with zero attached hydrogens (tertiary/aromatic N) is 2. The zero-order chi connectivity index (χ0) is 19.7. The highest BCUT2D eigenvalue weighted by Gasteiger charge is 2.28. The van der Waals surface area contributed by atoms with Crippen molar-refractivity contribution in [2.75, 3.05) is 26.1 Å². The lowest BCUT2D eigenvalue weighted by molar-refractivity contribution is -0.126. The largest absolute Gasteiger partial charge is 0.454 e. The molecule has 0 radical (unpaired) electrons. The van der Waals surface area contributed by atoms with Crippen LogP contribution in [0.3, 0.4) is 0 Å². The van der Waals surface area contributed by atoms with Gasteiger partial charge in [0.2, 0.25) is 22.7 Å². The van der Waals surface area contributed by atoms with Crippen molar-refractivity contribution in [2.45, 2.75) is 19.4 Å². The van der Waals surface area contributed by atoms with E-state index in [1.165, 1.54) is 10.6 Å².